The Labute approximate surface area is 173 Å². The van der Waals surface area contributed by atoms with Crippen LogP contribution in [0.25, 0.3) is 0 Å². The molecule has 0 bridgehead atoms. The van der Waals surface area contributed by atoms with Crippen molar-refractivity contribution in [1.82, 2.24) is 0 Å². The molecule has 152 valence electrons. The van der Waals surface area contributed by atoms with E-state index >= 15 is 0 Å². The summed E-state index contributed by atoms with van der Waals surface area (Å²) in [4.78, 5) is 12.9. The summed E-state index contributed by atoms with van der Waals surface area (Å²) in [7, 11) is -2.50. The lowest BCUT2D eigenvalue weighted by Crippen LogP contribution is -2.47. The number of hydrogen-bond donors (Lipinski definition) is 1. The van der Waals surface area contributed by atoms with Crippen molar-refractivity contribution in [3.05, 3.63) is 52.3 Å². The molecule has 10 heteroatoms. The van der Waals surface area contributed by atoms with Crippen molar-refractivity contribution >= 4 is 50.5 Å². The maximum Gasteiger partial charge on any atom is 0.248 e. The van der Waals surface area contributed by atoms with Gasteiger partial charge in [-0.25, -0.2) is 12.8 Å². The van der Waals surface area contributed by atoms with Crippen LogP contribution in [0.15, 0.2) is 36.4 Å². The van der Waals surface area contributed by atoms with E-state index in [2.05, 4.69) is 5.32 Å². The van der Waals surface area contributed by atoms with Crippen LogP contribution >= 0.6 is 23.2 Å². The second-order valence-electron chi connectivity index (χ2n) is 5.92. The number of halogens is 3. The zero-order valence-electron chi connectivity index (χ0n) is 15.4. The lowest BCUT2D eigenvalue weighted by molar-refractivity contribution is -0.117. The molecule has 2 rings (SSSR count). The molecule has 0 aliphatic heterocycles. The number of hydrogen-bond acceptors (Lipinski definition) is 4. The van der Waals surface area contributed by atoms with E-state index in [4.69, 9.17) is 27.9 Å². The van der Waals surface area contributed by atoms with Crippen LogP contribution < -0.4 is 14.4 Å². The lowest BCUT2D eigenvalue weighted by atomic mass is 10.1. The van der Waals surface area contributed by atoms with Gasteiger partial charge in [0, 0.05) is 10.7 Å². The van der Waals surface area contributed by atoms with E-state index in [1.165, 1.54) is 31.4 Å². The SMILES string of the molecule is CC[C@H](C(=O)Nc1ccc(F)c(Cl)c1)N(c1cc(Cl)ccc1OC)S(C)(=O)=O. The first kappa shape index (κ1) is 22.3. The number of nitrogens with one attached hydrogen (secondary N) is 1. The molecule has 0 aliphatic carbocycles. The number of anilines is 2. The number of ether oxygens (including phenoxy) is 1. The number of benzene rings is 2. The maximum absolute atomic E-state index is 13.3. The summed E-state index contributed by atoms with van der Waals surface area (Å²) < 4.78 is 44.6. The lowest BCUT2D eigenvalue weighted by Gasteiger charge is -2.31. The van der Waals surface area contributed by atoms with Gasteiger partial charge < -0.3 is 10.1 Å². The van der Waals surface area contributed by atoms with Gasteiger partial charge in [0.25, 0.3) is 0 Å². The fraction of sp³-hybridized carbons (Fsp3) is 0.278. The molecule has 0 saturated heterocycles. The van der Waals surface area contributed by atoms with Crippen LogP contribution in [0.5, 0.6) is 5.75 Å². The summed E-state index contributed by atoms with van der Waals surface area (Å²) >= 11 is 11.8. The summed E-state index contributed by atoms with van der Waals surface area (Å²) in [6.07, 6.45) is 1.14. The molecule has 0 heterocycles. The van der Waals surface area contributed by atoms with Crippen LogP contribution in [0.2, 0.25) is 10.0 Å². The number of carbonyl (C=O) groups excluding carboxylic acids is 1. The number of amides is 1. The predicted octanol–water partition coefficient (Wildman–Crippen LogP) is 4.32. The van der Waals surface area contributed by atoms with E-state index in [1.807, 2.05) is 0 Å². The summed E-state index contributed by atoms with van der Waals surface area (Å²) in [5.41, 5.74) is 0.373. The van der Waals surface area contributed by atoms with Gasteiger partial charge in [-0.05, 0) is 42.8 Å². The van der Waals surface area contributed by atoms with E-state index < -0.39 is 27.8 Å². The highest BCUT2D eigenvalue weighted by atomic mass is 35.5. The van der Waals surface area contributed by atoms with Crippen LogP contribution in [-0.4, -0.2) is 33.7 Å². The molecule has 28 heavy (non-hydrogen) atoms. The maximum atomic E-state index is 13.3. The average molecular weight is 449 g/mol. The number of rotatable bonds is 7. The Hall–Kier alpha value is -2.03. The molecule has 0 spiro atoms. The topological polar surface area (TPSA) is 75.7 Å². The van der Waals surface area contributed by atoms with Gasteiger partial charge >= 0.3 is 0 Å². The molecule has 0 radical (unpaired) electrons. The molecule has 0 aromatic heterocycles. The summed E-state index contributed by atoms with van der Waals surface area (Å²) in [5, 5.41) is 2.68. The first-order valence-corrected chi connectivity index (χ1v) is 10.8. The van der Waals surface area contributed by atoms with Crippen molar-refractivity contribution in [1.29, 1.82) is 0 Å². The van der Waals surface area contributed by atoms with E-state index in [9.17, 15) is 17.6 Å². The van der Waals surface area contributed by atoms with Gasteiger partial charge in [0.15, 0.2) is 0 Å². The minimum Gasteiger partial charge on any atom is -0.495 e. The summed E-state index contributed by atoms with van der Waals surface area (Å²) in [6, 6.07) is 7.04. The van der Waals surface area contributed by atoms with E-state index in [0.717, 1.165) is 16.6 Å². The fourth-order valence-corrected chi connectivity index (χ4v) is 4.22. The first-order valence-electron chi connectivity index (χ1n) is 8.17. The largest absolute Gasteiger partial charge is 0.495 e. The van der Waals surface area contributed by atoms with Crippen molar-refractivity contribution in [2.24, 2.45) is 0 Å². The highest BCUT2D eigenvalue weighted by Crippen LogP contribution is 2.35. The molecule has 1 N–H and O–H groups in total. The van der Waals surface area contributed by atoms with Crippen molar-refractivity contribution in [3.63, 3.8) is 0 Å². The highest BCUT2D eigenvalue weighted by molar-refractivity contribution is 7.92. The van der Waals surface area contributed by atoms with Gasteiger partial charge in [-0.1, -0.05) is 30.1 Å². The minimum atomic E-state index is -3.88. The van der Waals surface area contributed by atoms with Crippen molar-refractivity contribution in [3.8, 4) is 5.75 Å². The predicted molar refractivity (Wildman–Crippen MR) is 109 cm³/mol. The van der Waals surface area contributed by atoms with Crippen LogP contribution in [0.3, 0.4) is 0 Å². The molecule has 0 aliphatic rings. The average Bonchev–Trinajstić information content (AvgIpc) is 2.61. The summed E-state index contributed by atoms with van der Waals surface area (Å²) in [5.74, 6) is -1.00. The third-order valence-corrected chi connectivity index (χ3v) is 5.59. The van der Waals surface area contributed by atoms with E-state index in [0.29, 0.717) is 0 Å². The van der Waals surface area contributed by atoms with Crippen LogP contribution in [0.4, 0.5) is 15.8 Å². The molecule has 2 aromatic carbocycles. The van der Waals surface area contributed by atoms with Crippen LogP contribution in [0, 0.1) is 5.82 Å². The molecular formula is C18H19Cl2FN2O4S. The van der Waals surface area contributed by atoms with E-state index in [1.54, 1.807) is 13.0 Å². The van der Waals surface area contributed by atoms with Gasteiger partial charge in [0.1, 0.15) is 17.6 Å². The number of carbonyl (C=O) groups is 1. The van der Waals surface area contributed by atoms with Gasteiger partial charge in [0.05, 0.1) is 24.1 Å². The monoisotopic (exact) mass is 448 g/mol. The molecule has 0 saturated carbocycles. The Bertz CT molecular complexity index is 986. The summed E-state index contributed by atoms with van der Waals surface area (Å²) in [6.45, 7) is 1.66. The Kier molecular flexibility index (Phi) is 7.14. The highest BCUT2D eigenvalue weighted by Gasteiger charge is 2.33. The molecule has 6 nitrogen and oxygen atoms in total. The Morgan fingerprint density at radius 3 is 2.46 bits per heavy atom. The van der Waals surface area contributed by atoms with Gasteiger partial charge in [-0.3, -0.25) is 9.10 Å². The van der Waals surface area contributed by atoms with Crippen molar-refractivity contribution in [2.45, 2.75) is 19.4 Å². The molecular weight excluding hydrogens is 430 g/mol. The van der Waals surface area contributed by atoms with Gasteiger partial charge in [-0.2, -0.15) is 0 Å². The van der Waals surface area contributed by atoms with Crippen LogP contribution in [-0.2, 0) is 14.8 Å². The number of methoxy groups -OCH3 is 1. The molecule has 0 fully saturated rings. The second-order valence-corrected chi connectivity index (χ2v) is 8.62. The van der Waals surface area contributed by atoms with Crippen LogP contribution in [0.1, 0.15) is 13.3 Å². The molecule has 1 atom stereocenters. The number of sulfonamides is 1. The molecule has 2 aromatic rings. The normalized spacial score (nSPS) is 12.4. The van der Waals surface area contributed by atoms with Gasteiger partial charge in [-0.15, -0.1) is 0 Å². The Balaban J connectivity index is 2.47. The van der Waals surface area contributed by atoms with E-state index in [-0.39, 0.29) is 33.6 Å². The Morgan fingerprint density at radius 1 is 1.25 bits per heavy atom. The second kappa shape index (κ2) is 8.98. The zero-order valence-corrected chi connectivity index (χ0v) is 17.7. The molecule has 0 unspecified atom stereocenters. The number of nitrogens with zero attached hydrogens (tertiary/aromatic N) is 1. The molecule has 1 amide bonds. The third kappa shape index (κ3) is 5.06. The van der Waals surface area contributed by atoms with Crippen molar-refractivity contribution in [2.75, 3.05) is 23.0 Å². The fourth-order valence-electron chi connectivity index (χ4n) is 2.67. The zero-order chi connectivity index (χ0) is 21.1. The van der Waals surface area contributed by atoms with Gasteiger partial charge in [0.2, 0.25) is 15.9 Å². The Morgan fingerprint density at radius 2 is 1.93 bits per heavy atom. The standard InChI is InChI=1S/C18H19Cl2FN2O4S/c1-4-15(18(24)22-12-6-7-14(21)13(20)10-12)23(28(3,25)26)16-9-11(19)5-8-17(16)27-2/h5-10,15H,4H2,1-3H3,(H,22,24)/t15-/m1/s1. The van der Waals surface area contributed by atoms with Crippen molar-refractivity contribution < 1.29 is 22.3 Å². The first-order chi connectivity index (χ1) is 13.1. The smallest absolute Gasteiger partial charge is 0.248 e. The third-order valence-electron chi connectivity index (χ3n) is 3.90. The minimum absolute atomic E-state index is 0.136. The quantitative estimate of drug-likeness (QED) is 0.683.